The van der Waals surface area contributed by atoms with Crippen molar-refractivity contribution >= 4 is 80.2 Å². The zero-order valence-corrected chi connectivity index (χ0v) is 42.1. The van der Waals surface area contributed by atoms with Gasteiger partial charge in [-0.2, -0.15) is 0 Å². The summed E-state index contributed by atoms with van der Waals surface area (Å²) in [6.07, 6.45) is 3.26. The summed E-state index contributed by atoms with van der Waals surface area (Å²) in [5, 5.41) is 17.9. The summed E-state index contributed by atoms with van der Waals surface area (Å²) in [5.41, 5.74) is 9.15. The SMILES string of the molecule is COC(=O)N[C@H](C(=O)N1[C@@H]2C[C@@H]2C[C@H]1c1nc2cc(-c3ccc4c(C=O)c(-c5ccc6cc(-c7ccc8[nH]c([C@@H]9C[C@H]%10C[C@H]%10N9C(=O)[C@@H](NC(=O)O)C(C)C)nc8c7)ccc6c5C=O)ccc4c3)ccc2[nH]1)C(C)C. The maximum absolute atomic E-state index is 14.0. The maximum Gasteiger partial charge on any atom is 0.407 e. The smallest absolute Gasteiger partial charge is 0.407 e. The van der Waals surface area contributed by atoms with Gasteiger partial charge in [0.05, 0.1) is 41.3 Å². The van der Waals surface area contributed by atoms with Crippen LogP contribution in [0.2, 0.25) is 0 Å². The molecule has 12 rings (SSSR count). The first-order chi connectivity index (χ1) is 36.2. The molecule has 4 heterocycles. The minimum atomic E-state index is -1.22. The third-order valence-corrected chi connectivity index (χ3v) is 16.3. The fourth-order valence-electron chi connectivity index (χ4n) is 12.2. The minimum Gasteiger partial charge on any atom is -0.465 e. The van der Waals surface area contributed by atoms with Gasteiger partial charge in [0.25, 0.3) is 0 Å². The minimum absolute atomic E-state index is 0.0797. The zero-order valence-electron chi connectivity index (χ0n) is 42.1. The van der Waals surface area contributed by atoms with Crippen molar-refractivity contribution in [2.75, 3.05) is 7.11 Å². The van der Waals surface area contributed by atoms with Gasteiger partial charge in [-0.25, -0.2) is 19.6 Å². The average molecular weight is 1010 g/mol. The predicted molar refractivity (Wildman–Crippen MR) is 284 cm³/mol. The van der Waals surface area contributed by atoms with E-state index in [1.807, 2.05) is 135 Å². The molecule has 4 fully saturated rings. The number of carboxylic acid groups (broad SMARTS) is 1. The molecule has 0 bridgehead atoms. The van der Waals surface area contributed by atoms with Crippen LogP contribution in [0.15, 0.2) is 97.1 Å². The van der Waals surface area contributed by atoms with Crippen LogP contribution in [0.5, 0.6) is 0 Å². The molecule has 2 saturated carbocycles. The number of ether oxygens (including phenoxy) is 1. The summed E-state index contributed by atoms with van der Waals surface area (Å²) >= 11 is 0. The van der Waals surface area contributed by atoms with E-state index in [2.05, 4.69) is 20.6 Å². The third-order valence-electron chi connectivity index (χ3n) is 16.3. The van der Waals surface area contributed by atoms with Gasteiger partial charge in [0, 0.05) is 23.2 Å². The molecule has 16 heteroatoms. The molecule has 8 aromatic rings. The van der Waals surface area contributed by atoms with Crippen molar-refractivity contribution in [2.45, 2.75) is 89.6 Å². The number of carbonyl (C=O) groups excluding carboxylic acids is 5. The van der Waals surface area contributed by atoms with Crippen molar-refractivity contribution in [3.8, 4) is 33.4 Å². The lowest BCUT2D eigenvalue weighted by atomic mass is 9.88. The van der Waals surface area contributed by atoms with Crippen molar-refractivity contribution in [3.05, 3.63) is 120 Å². The van der Waals surface area contributed by atoms with Gasteiger partial charge in [-0.05, 0) is 141 Å². The number of H-pyrrole nitrogens is 2. The summed E-state index contributed by atoms with van der Waals surface area (Å²) in [5.74, 6) is 1.45. The van der Waals surface area contributed by atoms with E-state index in [0.717, 1.165) is 104 Å². The number of methoxy groups -OCH3 is 1. The Morgan fingerprint density at radius 3 is 1.44 bits per heavy atom. The number of hydrogen-bond acceptors (Lipinski definition) is 9. The third kappa shape index (κ3) is 8.23. The topological polar surface area (TPSA) is 220 Å². The Hall–Kier alpha value is -8.40. The lowest BCUT2D eigenvalue weighted by Crippen LogP contribution is -2.52. The fourth-order valence-corrected chi connectivity index (χ4v) is 12.2. The number of benzene rings is 6. The maximum atomic E-state index is 14.0. The second-order valence-corrected chi connectivity index (χ2v) is 21.5. The zero-order chi connectivity index (χ0) is 52.1. The molecule has 75 heavy (non-hydrogen) atoms. The standard InChI is InChI=1S/C59H56N8O8/c1-28(2)52(64-58(72)73)56(70)66-48-22-36(48)24-50(66)54-60-44-16-10-32(20-46(44)62-54)30-6-12-38-34(18-30)8-14-40(42(38)26-68)41-15-9-35-19-31(7-13-39(35)43(41)27-69)33-11-17-45-47(21-33)63-55(61-45)51-25-37-23-49(37)67(51)57(71)53(29(3)4)65-59(74)75-5/h6-21,26-29,36-37,48-53,64H,22-25H2,1-5H3,(H,60,62)(H,61,63)(H,65,74)(H,72,73)/t36-,37-,48-,49-,50+,51+,52+,53+/m1/s1. The van der Waals surface area contributed by atoms with E-state index in [4.69, 9.17) is 14.7 Å². The Bertz CT molecular complexity index is 3710. The second kappa shape index (κ2) is 18.2. The number of alkyl carbamates (subject to hydrolysis) is 1. The van der Waals surface area contributed by atoms with Crippen molar-refractivity contribution in [1.29, 1.82) is 0 Å². The molecule has 380 valence electrons. The van der Waals surface area contributed by atoms with E-state index in [1.165, 1.54) is 7.11 Å². The summed E-state index contributed by atoms with van der Waals surface area (Å²) < 4.78 is 4.83. The van der Waals surface area contributed by atoms with Crippen LogP contribution in [0, 0.1) is 23.7 Å². The van der Waals surface area contributed by atoms with Crippen molar-refractivity contribution < 1.29 is 38.6 Å². The number of aromatic amines is 2. The number of nitrogens with one attached hydrogen (secondary N) is 4. The van der Waals surface area contributed by atoms with Crippen molar-refractivity contribution in [3.63, 3.8) is 0 Å². The number of amides is 4. The molecule has 2 saturated heterocycles. The number of fused-ring (bicyclic) bond motifs is 6. The Morgan fingerprint density at radius 2 is 1.03 bits per heavy atom. The molecule has 5 N–H and O–H groups in total. The Labute approximate surface area is 431 Å². The van der Waals surface area contributed by atoms with Crippen LogP contribution in [0.1, 0.15) is 97.8 Å². The Morgan fingerprint density at radius 1 is 0.600 bits per heavy atom. The molecule has 8 atom stereocenters. The summed E-state index contributed by atoms with van der Waals surface area (Å²) in [6, 6.07) is 29.8. The quantitative estimate of drug-likeness (QED) is 0.0688. The van der Waals surface area contributed by atoms with Crippen LogP contribution >= 0.6 is 0 Å². The van der Waals surface area contributed by atoms with Crippen molar-refractivity contribution in [1.82, 2.24) is 40.4 Å². The molecule has 0 unspecified atom stereocenters. The highest BCUT2D eigenvalue weighted by molar-refractivity contribution is 6.11. The van der Waals surface area contributed by atoms with E-state index < -0.39 is 24.3 Å². The largest absolute Gasteiger partial charge is 0.465 e. The van der Waals surface area contributed by atoms with Gasteiger partial charge in [-0.3, -0.25) is 19.2 Å². The molecule has 0 radical (unpaired) electrons. The Kier molecular flexibility index (Phi) is 11.6. The molecule has 2 aliphatic heterocycles. The lowest BCUT2D eigenvalue weighted by Gasteiger charge is -2.31. The van der Waals surface area contributed by atoms with E-state index in [0.29, 0.717) is 45.7 Å². The van der Waals surface area contributed by atoms with Crippen LogP contribution in [0.25, 0.3) is 77.0 Å². The summed E-state index contributed by atoms with van der Waals surface area (Å²) in [6.45, 7) is 7.49. The number of aromatic nitrogens is 4. The molecule has 16 nitrogen and oxygen atoms in total. The molecule has 4 aliphatic rings. The fraction of sp³-hybridized carbons (Fsp3) is 0.322. The van der Waals surface area contributed by atoms with Crippen LogP contribution in [0.3, 0.4) is 0 Å². The van der Waals surface area contributed by atoms with Crippen molar-refractivity contribution in [2.24, 2.45) is 23.7 Å². The monoisotopic (exact) mass is 1000 g/mol. The van der Waals surface area contributed by atoms with Gasteiger partial charge < -0.3 is 40.2 Å². The van der Waals surface area contributed by atoms with E-state index in [-0.39, 0.29) is 47.8 Å². The van der Waals surface area contributed by atoms with Gasteiger partial charge in [-0.1, -0.05) is 88.4 Å². The highest BCUT2D eigenvalue weighted by Gasteiger charge is 2.57. The number of rotatable bonds is 13. The molecule has 4 amide bonds. The molecular weight excluding hydrogens is 949 g/mol. The number of imidazole rings is 2. The average Bonchev–Trinajstić information content (AvgIpc) is 4.08. The summed E-state index contributed by atoms with van der Waals surface area (Å²) in [7, 11) is 1.29. The predicted octanol–water partition coefficient (Wildman–Crippen LogP) is 10.4. The second-order valence-electron chi connectivity index (χ2n) is 21.5. The molecular formula is C59H56N8O8. The number of piperidine rings is 2. The van der Waals surface area contributed by atoms with Gasteiger partial charge in [0.15, 0.2) is 12.6 Å². The highest BCUT2D eigenvalue weighted by Crippen LogP contribution is 2.55. The Balaban J connectivity index is 0.796. The van der Waals surface area contributed by atoms with Gasteiger partial charge in [-0.15, -0.1) is 0 Å². The normalized spacial score (nSPS) is 21.4. The van der Waals surface area contributed by atoms with Gasteiger partial charge in [0.1, 0.15) is 23.7 Å². The molecule has 2 aromatic heterocycles. The van der Waals surface area contributed by atoms with Crippen LogP contribution in [-0.2, 0) is 14.3 Å². The van der Waals surface area contributed by atoms with E-state index in [1.54, 1.807) is 0 Å². The van der Waals surface area contributed by atoms with Crippen LogP contribution in [-0.4, -0.2) is 103 Å². The number of hydrogen-bond donors (Lipinski definition) is 5. The van der Waals surface area contributed by atoms with Gasteiger partial charge in [0.2, 0.25) is 11.8 Å². The lowest BCUT2D eigenvalue weighted by molar-refractivity contribution is -0.137. The molecule has 6 aromatic carbocycles. The van der Waals surface area contributed by atoms with Crippen LogP contribution in [0.4, 0.5) is 9.59 Å². The number of carbonyl (C=O) groups is 6. The number of aldehydes is 2. The first-order valence-electron chi connectivity index (χ1n) is 25.7. The number of nitrogens with zero attached hydrogens (tertiary/aromatic N) is 4. The molecule has 2 aliphatic carbocycles. The van der Waals surface area contributed by atoms with E-state index in [9.17, 15) is 33.9 Å². The first kappa shape index (κ1) is 47.6. The van der Waals surface area contributed by atoms with E-state index >= 15 is 0 Å². The first-order valence-corrected chi connectivity index (χ1v) is 25.7. The van der Waals surface area contributed by atoms with Gasteiger partial charge >= 0.3 is 12.2 Å². The molecule has 0 spiro atoms. The van der Waals surface area contributed by atoms with Crippen LogP contribution < -0.4 is 10.6 Å². The highest BCUT2D eigenvalue weighted by atomic mass is 16.5. The number of likely N-dealkylation sites (tertiary alicyclic amines) is 2. The summed E-state index contributed by atoms with van der Waals surface area (Å²) in [4.78, 5) is 98.3.